The van der Waals surface area contributed by atoms with Gasteiger partial charge in [0.1, 0.15) is 5.78 Å². The van der Waals surface area contributed by atoms with Crippen LogP contribution in [-0.2, 0) is 22.0 Å². The maximum atomic E-state index is 12.3. The molecule has 3 heteroatoms. The van der Waals surface area contributed by atoms with Crippen molar-refractivity contribution in [1.82, 2.24) is 0 Å². The minimum atomic E-state index is -1.21. The monoisotopic (exact) mass is 326 g/mol. The van der Waals surface area contributed by atoms with Gasteiger partial charge in [-0.15, -0.1) is 0 Å². The summed E-state index contributed by atoms with van der Waals surface area (Å²) in [6.45, 7) is 2.00. The van der Waals surface area contributed by atoms with Gasteiger partial charge in [-0.1, -0.05) is 48.0 Å². The Kier molecular flexibility index (Phi) is 5.06. The molecule has 0 saturated heterocycles. The summed E-state index contributed by atoms with van der Waals surface area (Å²) in [4.78, 5) is 13.0. The third kappa shape index (κ3) is 4.38. The Morgan fingerprint density at radius 3 is 2.48 bits per heavy atom. The molecule has 1 aliphatic rings. The van der Waals surface area contributed by atoms with E-state index in [0.29, 0.717) is 5.92 Å². The largest absolute Gasteiger partial charge is 0.298 e. The summed E-state index contributed by atoms with van der Waals surface area (Å²) < 4.78 is 12.3. The Hall–Kier alpha value is -1.74. The van der Waals surface area contributed by atoms with Gasteiger partial charge in [0.2, 0.25) is 0 Å². The highest BCUT2D eigenvalue weighted by atomic mass is 32.2. The van der Waals surface area contributed by atoms with Crippen molar-refractivity contribution in [3.8, 4) is 0 Å². The van der Waals surface area contributed by atoms with Crippen LogP contribution in [0.15, 0.2) is 59.5 Å². The van der Waals surface area contributed by atoms with Gasteiger partial charge in [0.15, 0.2) is 0 Å². The Balaban J connectivity index is 1.46. The second kappa shape index (κ2) is 7.22. The van der Waals surface area contributed by atoms with Gasteiger partial charge in [-0.25, -0.2) is 0 Å². The number of ketones is 1. The zero-order valence-electron chi connectivity index (χ0n) is 13.4. The van der Waals surface area contributed by atoms with E-state index in [4.69, 9.17) is 0 Å². The second-order valence-corrected chi connectivity index (χ2v) is 7.85. The van der Waals surface area contributed by atoms with E-state index in [1.54, 1.807) is 0 Å². The maximum absolute atomic E-state index is 12.3. The Bertz CT molecular complexity index is 691. The van der Waals surface area contributed by atoms with Gasteiger partial charge in [-0.05, 0) is 49.8 Å². The van der Waals surface area contributed by atoms with E-state index in [1.807, 2.05) is 37.3 Å². The number of carbonyl (C=O) groups is 1. The highest BCUT2D eigenvalue weighted by Gasteiger charge is 2.42. The van der Waals surface area contributed by atoms with Crippen molar-refractivity contribution >= 4 is 16.6 Å². The first-order chi connectivity index (χ1) is 11.1. The highest BCUT2D eigenvalue weighted by molar-refractivity contribution is 7.85. The van der Waals surface area contributed by atoms with Crippen LogP contribution in [0.2, 0.25) is 0 Å². The summed E-state index contributed by atoms with van der Waals surface area (Å²) in [5.74, 6) is 0.947. The molecule has 0 N–H and O–H groups in total. The predicted octanol–water partition coefficient (Wildman–Crippen LogP) is 3.94. The van der Waals surface area contributed by atoms with E-state index in [1.165, 1.54) is 5.56 Å². The fourth-order valence-corrected chi connectivity index (χ4v) is 4.05. The third-order valence-corrected chi connectivity index (χ3v) is 5.88. The van der Waals surface area contributed by atoms with Gasteiger partial charge in [-0.2, -0.15) is 0 Å². The molecule has 0 unspecified atom stereocenters. The number of rotatable bonds is 7. The van der Waals surface area contributed by atoms with Gasteiger partial charge in [-0.3, -0.25) is 9.00 Å². The fourth-order valence-electron chi connectivity index (χ4n) is 2.97. The van der Waals surface area contributed by atoms with E-state index in [9.17, 15) is 9.00 Å². The molecule has 2 aromatic rings. The number of carbonyl (C=O) groups excluding carboxylic acids is 1. The molecule has 2 aromatic carbocycles. The molecular weight excluding hydrogens is 304 g/mol. The zero-order valence-corrected chi connectivity index (χ0v) is 14.2. The highest BCUT2D eigenvalue weighted by Crippen LogP contribution is 2.42. The summed E-state index contributed by atoms with van der Waals surface area (Å²) >= 11 is 0. The van der Waals surface area contributed by atoms with Gasteiger partial charge >= 0.3 is 0 Å². The SMILES string of the molecule is Cc1ccc([S@@](=O)CC(=O)[C@@H]2C[C@@H]2CCc2ccccc2)cc1. The van der Waals surface area contributed by atoms with Crippen molar-refractivity contribution in [2.45, 2.75) is 31.1 Å². The molecule has 2 nitrogen and oxygen atoms in total. The lowest BCUT2D eigenvalue weighted by atomic mass is 10.1. The molecular formula is C20H22O2S. The first kappa shape index (κ1) is 16.1. The standard InChI is InChI=1S/C20H22O2S/c1-15-7-11-18(12-8-15)23(22)14-20(21)19-13-17(19)10-9-16-5-3-2-4-6-16/h2-8,11-12,17,19H,9-10,13-14H2,1H3/t17-,19+,23-/m0/s1. The van der Waals surface area contributed by atoms with Gasteiger partial charge < -0.3 is 0 Å². The molecule has 0 amide bonds. The summed E-state index contributed by atoms with van der Waals surface area (Å²) in [7, 11) is -1.21. The fraction of sp³-hybridized carbons (Fsp3) is 0.350. The molecule has 1 fully saturated rings. The smallest absolute Gasteiger partial charge is 0.149 e. The van der Waals surface area contributed by atoms with Crippen molar-refractivity contribution in [1.29, 1.82) is 0 Å². The second-order valence-electron chi connectivity index (χ2n) is 6.40. The molecule has 3 rings (SSSR count). The molecule has 1 saturated carbocycles. The molecule has 3 atom stereocenters. The van der Waals surface area contributed by atoms with Crippen molar-refractivity contribution < 1.29 is 9.00 Å². The number of hydrogen-bond acceptors (Lipinski definition) is 2. The molecule has 120 valence electrons. The predicted molar refractivity (Wildman–Crippen MR) is 93.8 cm³/mol. The number of Topliss-reactive ketones (excluding diaryl/α,β-unsaturated/α-hetero) is 1. The molecule has 0 aliphatic heterocycles. The maximum Gasteiger partial charge on any atom is 0.149 e. The van der Waals surface area contributed by atoms with Gasteiger partial charge in [0.05, 0.1) is 16.6 Å². The minimum Gasteiger partial charge on any atom is -0.298 e. The number of hydrogen-bond donors (Lipinski definition) is 0. The first-order valence-corrected chi connectivity index (χ1v) is 9.47. The van der Waals surface area contributed by atoms with Crippen LogP contribution in [0.4, 0.5) is 0 Å². The van der Waals surface area contributed by atoms with Crippen molar-refractivity contribution in [2.75, 3.05) is 5.75 Å². The van der Waals surface area contributed by atoms with Crippen LogP contribution < -0.4 is 0 Å². The number of aryl methyl sites for hydroxylation is 2. The first-order valence-electron chi connectivity index (χ1n) is 8.15. The molecule has 1 aliphatic carbocycles. The van der Waals surface area contributed by atoms with Crippen LogP contribution in [0.25, 0.3) is 0 Å². The average Bonchev–Trinajstić information content (AvgIpc) is 3.34. The number of benzene rings is 2. The van der Waals surface area contributed by atoms with E-state index < -0.39 is 10.8 Å². The third-order valence-electron chi connectivity index (χ3n) is 4.54. The molecule has 0 spiro atoms. The lowest BCUT2D eigenvalue weighted by Crippen LogP contribution is -2.13. The van der Waals surface area contributed by atoms with E-state index in [2.05, 4.69) is 24.3 Å². The summed E-state index contributed by atoms with van der Waals surface area (Å²) in [5, 5.41) is 0. The van der Waals surface area contributed by atoms with E-state index in [-0.39, 0.29) is 17.5 Å². The summed E-state index contributed by atoms with van der Waals surface area (Å²) in [5.41, 5.74) is 2.47. The zero-order chi connectivity index (χ0) is 16.2. The van der Waals surface area contributed by atoms with Crippen LogP contribution in [0.1, 0.15) is 24.0 Å². The summed E-state index contributed by atoms with van der Waals surface area (Å²) in [6, 6.07) is 18.0. The minimum absolute atomic E-state index is 0.133. The molecule has 0 radical (unpaired) electrons. The average molecular weight is 326 g/mol. The van der Waals surface area contributed by atoms with Gasteiger partial charge in [0.25, 0.3) is 0 Å². The Morgan fingerprint density at radius 1 is 1.09 bits per heavy atom. The van der Waals surface area contributed by atoms with E-state index in [0.717, 1.165) is 29.7 Å². The normalized spacial score (nSPS) is 20.9. The van der Waals surface area contributed by atoms with Crippen molar-refractivity contribution in [2.24, 2.45) is 11.8 Å². The van der Waals surface area contributed by atoms with Crippen LogP contribution >= 0.6 is 0 Å². The topological polar surface area (TPSA) is 34.1 Å². The van der Waals surface area contributed by atoms with Crippen molar-refractivity contribution in [3.63, 3.8) is 0 Å². The lowest BCUT2D eigenvalue weighted by Gasteiger charge is -2.03. The molecule has 0 bridgehead atoms. The quantitative estimate of drug-likeness (QED) is 0.772. The van der Waals surface area contributed by atoms with Crippen LogP contribution in [-0.4, -0.2) is 15.7 Å². The van der Waals surface area contributed by atoms with Crippen LogP contribution in [0, 0.1) is 18.8 Å². The van der Waals surface area contributed by atoms with E-state index >= 15 is 0 Å². The summed E-state index contributed by atoms with van der Waals surface area (Å²) in [6.07, 6.45) is 3.05. The van der Waals surface area contributed by atoms with Gasteiger partial charge in [0, 0.05) is 10.8 Å². The Morgan fingerprint density at radius 2 is 1.78 bits per heavy atom. The molecule has 0 heterocycles. The lowest BCUT2D eigenvalue weighted by molar-refractivity contribution is -0.118. The van der Waals surface area contributed by atoms with Crippen LogP contribution in [0.3, 0.4) is 0 Å². The van der Waals surface area contributed by atoms with Crippen LogP contribution in [0.5, 0.6) is 0 Å². The van der Waals surface area contributed by atoms with Crippen molar-refractivity contribution in [3.05, 3.63) is 65.7 Å². The Labute approximate surface area is 140 Å². The molecule has 0 aromatic heterocycles. The molecule has 23 heavy (non-hydrogen) atoms.